The molecule has 3 rings (SSSR count). The van der Waals surface area contributed by atoms with Crippen LogP contribution >= 0.6 is 0 Å². The molecular formula is C17H14O3. The summed E-state index contributed by atoms with van der Waals surface area (Å²) in [5.41, 5.74) is 2.25. The van der Waals surface area contributed by atoms with Crippen LogP contribution in [-0.4, -0.2) is 5.11 Å². The van der Waals surface area contributed by atoms with Crippen molar-refractivity contribution in [2.24, 2.45) is 0 Å². The minimum atomic E-state index is -0.434. The lowest BCUT2D eigenvalue weighted by molar-refractivity contribution is 0.471. The van der Waals surface area contributed by atoms with Crippen LogP contribution in [0.4, 0.5) is 0 Å². The van der Waals surface area contributed by atoms with Crippen molar-refractivity contribution in [3.8, 4) is 17.1 Å². The monoisotopic (exact) mass is 266 g/mol. The molecule has 0 atom stereocenters. The highest BCUT2D eigenvalue weighted by Crippen LogP contribution is 2.28. The molecule has 0 aliphatic carbocycles. The maximum Gasteiger partial charge on any atom is 0.344 e. The molecule has 0 fully saturated rings. The Morgan fingerprint density at radius 3 is 2.50 bits per heavy atom. The first-order valence-corrected chi connectivity index (χ1v) is 6.40. The summed E-state index contributed by atoms with van der Waals surface area (Å²) in [6, 6.07) is 12.8. The summed E-state index contributed by atoms with van der Waals surface area (Å²) in [6.45, 7) is 3.78. The molecule has 0 amide bonds. The first kappa shape index (κ1) is 12.5. The summed E-state index contributed by atoms with van der Waals surface area (Å²) in [4.78, 5) is 12.1. The Labute approximate surface area is 116 Å². The van der Waals surface area contributed by atoms with Crippen LogP contribution in [0.1, 0.15) is 11.1 Å². The van der Waals surface area contributed by atoms with E-state index in [0.717, 1.165) is 22.1 Å². The maximum atomic E-state index is 12.1. The molecule has 0 spiro atoms. The third-order valence-corrected chi connectivity index (χ3v) is 3.49. The number of phenolic OH excluding ortho intramolecular Hbond substituents is 1. The Morgan fingerprint density at radius 2 is 1.75 bits per heavy atom. The molecule has 1 aromatic heterocycles. The molecule has 0 bridgehead atoms. The molecular weight excluding hydrogens is 252 g/mol. The summed E-state index contributed by atoms with van der Waals surface area (Å²) >= 11 is 0. The summed E-state index contributed by atoms with van der Waals surface area (Å²) in [5.74, 6) is 0.652. The van der Waals surface area contributed by atoms with Gasteiger partial charge in [0.2, 0.25) is 0 Å². The normalized spacial score (nSPS) is 10.9. The van der Waals surface area contributed by atoms with E-state index >= 15 is 0 Å². The number of fused-ring (bicyclic) bond motifs is 1. The zero-order valence-electron chi connectivity index (χ0n) is 11.3. The molecule has 0 saturated carbocycles. The minimum absolute atomic E-state index is 0.105. The molecule has 0 aliphatic rings. The predicted molar refractivity (Wildman–Crippen MR) is 79.1 cm³/mol. The molecule has 0 unspecified atom stereocenters. The van der Waals surface area contributed by atoms with Crippen molar-refractivity contribution in [2.75, 3.05) is 0 Å². The fourth-order valence-electron chi connectivity index (χ4n) is 2.32. The van der Waals surface area contributed by atoms with E-state index < -0.39 is 5.63 Å². The molecule has 3 heteroatoms. The first-order chi connectivity index (χ1) is 9.56. The van der Waals surface area contributed by atoms with Crippen molar-refractivity contribution in [3.05, 3.63) is 64.0 Å². The van der Waals surface area contributed by atoms with Crippen LogP contribution < -0.4 is 5.63 Å². The second-order valence-corrected chi connectivity index (χ2v) is 4.94. The van der Waals surface area contributed by atoms with Gasteiger partial charge in [-0.2, -0.15) is 0 Å². The van der Waals surface area contributed by atoms with Crippen molar-refractivity contribution >= 4 is 10.8 Å². The summed E-state index contributed by atoms with van der Waals surface area (Å²) in [5, 5.41) is 10.9. The molecule has 20 heavy (non-hydrogen) atoms. The largest absolute Gasteiger partial charge is 0.508 e. The summed E-state index contributed by atoms with van der Waals surface area (Å²) in [7, 11) is 0. The van der Waals surface area contributed by atoms with Gasteiger partial charge in [0, 0.05) is 5.56 Å². The maximum absolute atomic E-state index is 12.1. The topological polar surface area (TPSA) is 50.4 Å². The number of aryl methyl sites for hydroxylation is 2. The van der Waals surface area contributed by atoms with Crippen molar-refractivity contribution in [3.63, 3.8) is 0 Å². The minimum Gasteiger partial charge on any atom is -0.508 e. The third-order valence-electron chi connectivity index (χ3n) is 3.49. The highest BCUT2D eigenvalue weighted by molar-refractivity contribution is 5.86. The van der Waals surface area contributed by atoms with Gasteiger partial charge in [-0.05, 0) is 48.6 Å². The Balaban J connectivity index is 2.33. The van der Waals surface area contributed by atoms with Crippen LogP contribution in [0.2, 0.25) is 0 Å². The van der Waals surface area contributed by atoms with Crippen molar-refractivity contribution in [1.29, 1.82) is 0 Å². The lowest BCUT2D eigenvalue weighted by Crippen LogP contribution is -2.01. The van der Waals surface area contributed by atoms with Crippen molar-refractivity contribution in [2.45, 2.75) is 13.8 Å². The van der Waals surface area contributed by atoms with Crippen LogP contribution in [0.5, 0.6) is 5.75 Å². The number of benzene rings is 2. The van der Waals surface area contributed by atoms with Gasteiger partial charge in [-0.25, -0.2) is 4.79 Å². The SMILES string of the molecule is Cc1cc2cc(-c3ccccc3C)oc(=O)c2cc1O. The van der Waals surface area contributed by atoms with Crippen molar-refractivity contribution in [1.82, 2.24) is 0 Å². The molecule has 3 nitrogen and oxygen atoms in total. The van der Waals surface area contributed by atoms with Gasteiger partial charge in [0.15, 0.2) is 0 Å². The predicted octanol–water partition coefficient (Wildman–Crippen LogP) is 3.78. The number of hydrogen-bond donors (Lipinski definition) is 1. The lowest BCUT2D eigenvalue weighted by atomic mass is 10.0. The van der Waals surface area contributed by atoms with E-state index in [0.29, 0.717) is 11.1 Å². The van der Waals surface area contributed by atoms with Gasteiger partial charge in [-0.3, -0.25) is 0 Å². The fourth-order valence-corrected chi connectivity index (χ4v) is 2.32. The van der Waals surface area contributed by atoms with E-state index in [1.807, 2.05) is 37.3 Å². The number of phenols is 1. The number of aromatic hydroxyl groups is 1. The second kappa shape index (κ2) is 4.53. The zero-order chi connectivity index (χ0) is 14.3. The van der Waals surface area contributed by atoms with Gasteiger partial charge in [0.05, 0.1) is 5.39 Å². The summed E-state index contributed by atoms with van der Waals surface area (Å²) in [6.07, 6.45) is 0. The first-order valence-electron chi connectivity index (χ1n) is 6.40. The van der Waals surface area contributed by atoms with Gasteiger partial charge in [0.25, 0.3) is 0 Å². The van der Waals surface area contributed by atoms with E-state index in [1.54, 1.807) is 13.0 Å². The molecule has 0 saturated heterocycles. The standard InChI is InChI=1S/C17H14O3/c1-10-5-3-4-6-13(10)16-8-12-7-11(2)15(18)9-14(12)17(19)20-16/h3-9,18H,1-2H3. The molecule has 3 aromatic rings. The van der Waals surface area contributed by atoms with Gasteiger partial charge < -0.3 is 9.52 Å². The highest BCUT2D eigenvalue weighted by Gasteiger charge is 2.10. The Kier molecular flexibility index (Phi) is 2.83. The third kappa shape index (κ3) is 1.97. The quantitative estimate of drug-likeness (QED) is 0.729. The Bertz CT molecular complexity index is 860. The smallest absolute Gasteiger partial charge is 0.344 e. The van der Waals surface area contributed by atoms with Gasteiger partial charge in [0.1, 0.15) is 11.5 Å². The van der Waals surface area contributed by atoms with Crippen molar-refractivity contribution < 1.29 is 9.52 Å². The summed E-state index contributed by atoms with van der Waals surface area (Å²) < 4.78 is 5.39. The molecule has 1 N–H and O–H groups in total. The molecule has 0 radical (unpaired) electrons. The van der Waals surface area contributed by atoms with Crippen LogP contribution in [0, 0.1) is 13.8 Å². The molecule has 0 aliphatic heterocycles. The van der Waals surface area contributed by atoms with E-state index in [4.69, 9.17) is 4.42 Å². The molecule has 1 heterocycles. The fraction of sp³-hybridized carbons (Fsp3) is 0.118. The van der Waals surface area contributed by atoms with Gasteiger partial charge in [-0.1, -0.05) is 24.3 Å². The van der Waals surface area contributed by atoms with Crippen LogP contribution in [-0.2, 0) is 0 Å². The van der Waals surface area contributed by atoms with E-state index in [9.17, 15) is 9.90 Å². The lowest BCUT2D eigenvalue weighted by Gasteiger charge is -2.07. The zero-order valence-corrected chi connectivity index (χ0v) is 11.3. The van der Waals surface area contributed by atoms with Crippen LogP contribution in [0.3, 0.4) is 0 Å². The second-order valence-electron chi connectivity index (χ2n) is 4.94. The van der Waals surface area contributed by atoms with Gasteiger partial charge >= 0.3 is 5.63 Å². The Morgan fingerprint density at radius 1 is 1.00 bits per heavy atom. The van der Waals surface area contributed by atoms with Crippen LogP contribution in [0.15, 0.2) is 51.7 Å². The van der Waals surface area contributed by atoms with E-state index in [1.165, 1.54) is 6.07 Å². The Hall–Kier alpha value is -2.55. The highest BCUT2D eigenvalue weighted by atomic mass is 16.4. The number of hydrogen-bond acceptors (Lipinski definition) is 3. The van der Waals surface area contributed by atoms with E-state index in [-0.39, 0.29) is 5.75 Å². The van der Waals surface area contributed by atoms with E-state index in [2.05, 4.69) is 0 Å². The van der Waals surface area contributed by atoms with Crippen LogP contribution in [0.25, 0.3) is 22.1 Å². The molecule has 100 valence electrons. The molecule has 2 aromatic carbocycles. The average molecular weight is 266 g/mol. The average Bonchev–Trinajstić information content (AvgIpc) is 2.41. The number of rotatable bonds is 1. The van der Waals surface area contributed by atoms with Gasteiger partial charge in [-0.15, -0.1) is 0 Å².